The van der Waals surface area contributed by atoms with Crippen molar-refractivity contribution in [2.45, 2.75) is 50.7 Å². The molecule has 7 rings (SSSR count). The van der Waals surface area contributed by atoms with Gasteiger partial charge in [0.25, 0.3) is 5.91 Å². The second-order valence-electron chi connectivity index (χ2n) is 11.5. The molecular formula is C34H32N4O3. The van der Waals surface area contributed by atoms with E-state index >= 15 is 0 Å². The lowest BCUT2D eigenvalue weighted by Gasteiger charge is -2.32. The summed E-state index contributed by atoms with van der Waals surface area (Å²) in [7, 11) is 0. The van der Waals surface area contributed by atoms with Crippen molar-refractivity contribution in [2.24, 2.45) is 0 Å². The number of imide groups is 1. The van der Waals surface area contributed by atoms with Crippen LogP contribution in [0.3, 0.4) is 0 Å². The summed E-state index contributed by atoms with van der Waals surface area (Å²) in [4.78, 5) is 45.8. The molecule has 7 heteroatoms. The molecule has 206 valence electrons. The van der Waals surface area contributed by atoms with Crippen LogP contribution in [0, 0.1) is 0 Å². The van der Waals surface area contributed by atoms with Gasteiger partial charge in [0, 0.05) is 42.2 Å². The number of aromatic nitrogens is 1. The van der Waals surface area contributed by atoms with E-state index in [0.29, 0.717) is 24.4 Å². The van der Waals surface area contributed by atoms with Crippen LogP contribution in [0.2, 0.25) is 0 Å². The predicted molar refractivity (Wildman–Crippen MR) is 157 cm³/mol. The SMILES string of the molecule is O=C1CCC(N2Cc3cc(C4CCN(Cc5ccc6cnc(-c7ccccc7)cc6c5)CC4)ccc3C2=O)C(=O)N1. The smallest absolute Gasteiger partial charge is 0.255 e. The van der Waals surface area contributed by atoms with Crippen molar-refractivity contribution in [3.63, 3.8) is 0 Å². The number of nitrogens with zero attached hydrogens (tertiary/aromatic N) is 3. The van der Waals surface area contributed by atoms with Gasteiger partial charge in [0.15, 0.2) is 0 Å². The lowest BCUT2D eigenvalue weighted by Crippen LogP contribution is -2.52. The highest BCUT2D eigenvalue weighted by Gasteiger charge is 2.39. The van der Waals surface area contributed by atoms with Gasteiger partial charge >= 0.3 is 0 Å². The Labute approximate surface area is 239 Å². The standard InChI is InChI=1S/C34H32N4O3/c39-32-11-10-31(33(40)36-32)38-21-28-17-25(8-9-29(28)34(38)41)23-12-14-37(15-13-23)20-22-6-7-26-19-35-30(18-27(26)16-22)24-4-2-1-3-5-24/h1-9,16-19,23,31H,10-15,20-21H2,(H,36,39,40). The number of piperidine rings is 2. The minimum Gasteiger partial charge on any atom is -0.322 e. The average molecular weight is 545 g/mol. The first-order valence-corrected chi connectivity index (χ1v) is 14.5. The van der Waals surface area contributed by atoms with Crippen LogP contribution in [-0.2, 0) is 22.7 Å². The van der Waals surface area contributed by atoms with Gasteiger partial charge in [-0.2, -0.15) is 0 Å². The number of likely N-dealkylation sites (tertiary alicyclic amines) is 1. The van der Waals surface area contributed by atoms with Gasteiger partial charge in [-0.1, -0.05) is 54.6 Å². The van der Waals surface area contributed by atoms with Crippen LogP contribution >= 0.6 is 0 Å². The third-order valence-corrected chi connectivity index (χ3v) is 8.87. The van der Waals surface area contributed by atoms with Gasteiger partial charge in [-0.15, -0.1) is 0 Å². The Bertz CT molecular complexity index is 1660. The summed E-state index contributed by atoms with van der Waals surface area (Å²) in [6.07, 6.45) is 4.75. The Hall–Kier alpha value is -4.36. The molecule has 7 nitrogen and oxygen atoms in total. The number of fused-ring (bicyclic) bond motifs is 2. The van der Waals surface area contributed by atoms with Gasteiger partial charge in [0.05, 0.1) is 5.69 Å². The topological polar surface area (TPSA) is 82.6 Å². The van der Waals surface area contributed by atoms with Gasteiger partial charge in [-0.3, -0.25) is 29.6 Å². The fraction of sp³-hybridized carbons (Fsp3) is 0.294. The lowest BCUT2D eigenvalue weighted by atomic mass is 9.87. The number of rotatable bonds is 5. The van der Waals surface area contributed by atoms with Crippen LogP contribution in [0.25, 0.3) is 22.0 Å². The van der Waals surface area contributed by atoms with Crippen LogP contribution in [-0.4, -0.2) is 51.6 Å². The molecule has 2 fully saturated rings. The van der Waals surface area contributed by atoms with Crippen LogP contribution in [0.5, 0.6) is 0 Å². The fourth-order valence-electron chi connectivity index (χ4n) is 6.59. The van der Waals surface area contributed by atoms with Crippen LogP contribution in [0.4, 0.5) is 0 Å². The van der Waals surface area contributed by atoms with Gasteiger partial charge < -0.3 is 4.90 Å². The van der Waals surface area contributed by atoms with Gasteiger partial charge in [-0.25, -0.2) is 0 Å². The van der Waals surface area contributed by atoms with E-state index in [1.165, 1.54) is 16.5 Å². The number of benzene rings is 3. The molecule has 4 aromatic rings. The quantitative estimate of drug-likeness (QED) is 0.356. The number of pyridine rings is 1. The molecule has 0 bridgehead atoms. The Balaban J connectivity index is 0.996. The molecular weight excluding hydrogens is 512 g/mol. The van der Waals surface area contributed by atoms with Crippen molar-refractivity contribution in [1.82, 2.24) is 20.1 Å². The zero-order valence-corrected chi connectivity index (χ0v) is 22.9. The van der Waals surface area contributed by atoms with E-state index in [9.17, 15) is 14.4 Å². The number of nitrogens with one attached hydrogen (secondary N) is 1. The number of amides is 3. The Morgan fingerprint density at radius 1 is 0.854 bits per heavy atom. The van der Waals surface area contributed by atoms with Crippen molar-refractivity contribution in [3.8, 4) is 11.3 Å². The van der Waals surface area contributed by atoms with E-state index in [0.717, 1.165) is 54.7 Å². The summed E-state index contributed by atoms with van der Waals surface area (Å²) in [5.41, 5.74) is 6.37. The largest absolute Gasteiger partial charge is 0.322 e. The second kappa shape index (κ2) is 10.6. The summed E-state index contributed by atoms with van der Waals surface area (Å²) >= 11 is 0. The van der Waals surface area contributed by atoms with Gasteiger partial charge in [0.2, 0.25) is 11.8 Å². The van der Waals surface area contributed by atoms with E-state index in [1.807, 2.05) is 30.5 Å². The van der Waals surface area contributed by atoms with Crippen molar-refractivity contribution < 1.29 is 14.4 Å². The summed E-state index contributed by atoms with van der Waals surface area (Å²) in [5, 5.41) is 4.74. The Morgan fingerprint density at radius 2 is 1.68 bits per heavy atom. The summed E-state index contributed by atoms with van der Waals surface area (Å²) < 4.78 is 0. The molecule has 1 aromatic heterocycles. The minimum atomic E-state index is -0.574. The highest BCUT2D eigenvalue weighted by atomic mass is 16.2. The highest BCUT2D eigenvalue weighted by molar-refractivity contribution is 6.05. The maximum absolute atomic E-state index is 13.1. The molecule has 3 aliphatic heterocycles. The first-order chi connectivity index (χ1) is 20.0. The molecule has 41 heavy (non-hydrogen) atoms. The number of hydrogen-bond donors (Lipinski definition) is 1. The average Bonchev–Trinajstić information content (AvgIpc) is 3.32. The molecule has 1 N–H and O–H groups in total. The molecule has 0 aliphatic carbocycles. The number of carbonyl (C=O) groups is 3. The van der Waals surface area contributed by atoms with Gasteiger partial charge in [-0.05, 0) is 78.5 Å². The van der Waals surface area contributed by atoms with Crippen molar-refractivity contribution in [3.05, 3.63) is 101 Å². The van der Waals surface area contributed by atoms with E-state index < -0.39 is 6.04 Å². The molecule has 0 spiro atoms. The molecule has 4 heterocycles. The van der Waals surface area contributed by atoms with E-state index in [4.69, 9.17) is 0 Å². The number of carbonyl (C=O) groups excluding carboxylic acids is 3. The van der Waals surface area contributed by atoms with Crippen LogP contribution in [0.15, 0.2) is 79.0 Å². The zero-order valence-electron chi connectivity index (χ0n) is 22.9. The van der Waals surface area contributed by atoms with E-state index in [1.54, 1.807) is 4.90 Å². The normalized spacial score (nSPS) is 20.0. The van der Waals surface area contributed by atoms with Crippen molar-refractivity contribution >= 4 is 28.5 Å². The van der Waals surface area contributed by atoms with Crippen molar-refractivity contribution in [1.29, 1.82) is 0 Å². The molecule has 0 saturated carbocycles. The highest BCUT2D eigenvalue weighted by Crippen LogP contribution is 2.34. The van der Waals surface area contributed by atoms with Crippen LogP contribution < -0.4 is 5.32 Å². The first kappa shape index (κ1) is 25.6. The Kier molecular flexibility index (Phi) is 6.59. The summed E-state index contributed by atoms with van der Waals surface area (Å²) in [6, 6.07) is 24.8. The molecule has 1 atom stereocenters. The molecule has 0 radical (unpaired) electrons. The third-order valence-electron chi connectivity index (χ3n) is 8.87. The molecule has 2 saturated heterocycles. The van der Waals surface area contributed by atoms with Crippen molar-refractivity contribution in [2.75, 3.05) is 13.1 Å². The minimum absolute atomic E-state index is 0.113. The fourth-order valence-corrected chi connectivity index (χ4v) is 6.59. The van der Waals surface area contributed by atoms with E-state index in [2.05, 4.69) is 63.7 Å². The summed E-state index contributed by atoms with van der Waals surface area (Å²) in [5.74, 6) is -0.292. The Morgan fingerprint density at radius 3 is 2.49 bits per heavy atom. The number of hydrogen-bond acceptors (Lipinski definition) is 5. The zero-order chi connectivity index (χ0) is 27.9. The monoisotopic (exact) mass is 544 g/mol. The lowest BCUT2D eigenvalue weighted by molar-refractivity contribution is -0.136. The molecule has 3 amide bonds. The maximum atomic E-state index is 13.1. The maximum Gasteiger partial charge on any atom is 0.255 e. The first-order valence-electron chi connectivity index (χ1n) is 14.5. The third kappa shape index (κ3) is 5.02. The van der Waals surface area contributed by atoms with E-state index in [-0.39, 0.29) is 24.1 Å². The predicted octanol–water partition coefficient (Wildman–Crippen LogP) is 5.04. The summed E-state index contributed by atoms with van der Waals surface area (Å²) in [6.45, 7) is 3.39. The van der Waals surface area contributed by atoms with Gasteiger partial charge in [0.1, 0.15) is 6.04 Å². The molecule has 3 aliphatic rings. The van der Waals surface area contributed by atoms with Crippen LogP contribution in [0.1, 0.15) is 58.6 Å². The molecule has 1 unspecified atom stereocenters. The second-order valence-corrected chi connectivity index (χ2v) is 11.5. The molecule has 3 aromatic carbocycles.